The minimum absolute atomic E-state index is 0.151. The summed E-state index contributed by atoms with van der Waals surface area (Å²) in [6.45, 7) is 4.77. The number of rotatable bonds is 54. The number of likely N-dealkylation sites (N-methyl/N-ethyl adjacent to an activating group) is 1. The first kappa shape index (κ1) is 65.8. The van der Waals surface area contributed by atoms with Crippen LogP contribution >= 0.6 is 0 Å². The Kier molecular flexibility index (Phi) is 49.5. The van der Waals surface area contributed by atoms with Crippen molar-refractivity contribution in [1.29, 1.82) is 0 Å². The summed E-state index contributed by atoms with van der Waals surface area (Å²) in [5.41, 5.74) is 0. The van der Waals surface area contributed by atoms with Crippen LogP contribution in [0.25, 0.3) is 0 Å². The first-order valence-electron chi connectivity index (χ1n) is 29.0. The fourth-order valence-corrected chi connectivity index (χ4v) is 8.45. The van der Waals surface area contributed by atoms with Crippen molar-refractivity contribution < 1.29 is 42.9 Å². The van der Waals surface area contributed by atoms with Gasteiger partial charge < -0.3 is 33.3 Å². The van der Waals surface area contributed by atoms with Crippen molar-refractivity contribution in [1.82, 2.24) is 0 Å². The van der Waals surface area contributed by atoms with Crippen LogP contribution in [0.3, 0.4) is 0 Å². The molecule has 0 aromatic carbocycles. The molecule has 0 saturated heterocycles. The van der Waals surface area contributed by atoms with Crippen LogP contribution in [0.1, 0.15) is 277 Å². The Bertz CT molecular complexity index is 1170. The van der Waals surface area contributed by atoms with Crippen LogP contribution in [0.4, 0.5) is 0 Å². The number of ether oxygens (including phenoxy) is 4. The van der Waals surface area contributed by atoms with Gasteiger partial charge in [-0.25, -0.2) is 0 Å². The Hall–Kier alpha value is -2.23. The lowest BCUT2D eigenvalue weighted by molar-refractivity contribution is -0.870. The highest BCUT2D eigenvalue weighted by atomic mass is 16.7. The van der Waals surface area contributed by atoms with Crippen molar-refractivity contribution in [2.45, 2.75) is 289 Å². The molecular weight excluding hydrogens is 851 g/mol. The number of unbranched alkanes of at least 4 members (excludes halogenated alkanes) is 35. The Labute approximate surface area is 420 Å². The second-order valence-corrected chi connectivity index (χ2v) is 20.9. The zero-order valence-corrected chi connectivity index (χ0v) is 45.5. The van der Waals surface area contributed by atoms with Gasteiger partial charge in [-0.2, -0.15) is 0 Å². The van der Waals surface area contributed by atoms with Crippen LogP contribution in [0.15, 0.2) is 24.3 Å². The number of aliphatic carboxylic acids is 1. The monoisotopic (exact) mass is 962 g/mol. The van der Waals surface area contributed by atoms with Crippen molar-refractivity contribution in [3.05, 3.63) is 24.3 Å². The van der Waals surface area contributed by atoms with Crippen LogP contribution in [-0.4, -0.2) is 82.3 Å². The molecule has 0 aromatic heterocycles. The summed E-state index contributed by atoms with van der Waals surface area (Å²) < 4.78 is 22.7. The van der Waals surface area contributed by atoms with Crippen molar-refractivity contribution in [3.8, 4) is 0 Å². The third-order valence-corrected chi connectivity index (χ3v) is 13.0. The maximum absolute atomic E-state index is 12.8. The summed E-state index contributed by atoms with van der Waals surface area (Å²) in [5, 5.41) is 11.7. The highest BCUT2D eigenvalue weighted by molar-refractivity contribution is 5.70. The molecule has 0 fully saturated rings. The van der Waals surface area contributed by atoms with Gasteiger partial charge in [0.1, 0.15) is 13.2 Å². The fraction of sp³-hybridized carbons (Fsp3) is 0.881. The number of quaternary nitrogens is 1. The standard InChI is InChI=1S/C59H111NO8/c1-6-8-10-12-14-16-18-20-21-22-23-24-25-26-27-28-29-30-31-32-33-34-35-36-37-38-40-42-44-46-48-50-57(62)68-55(54-67-59(58(63)64)65-52-51-60(3,4)5)53-66-56(61)49-47-45-43-41-39-19-17-15-13-11-9-7-2/h18,20,22-23,55,59H,6-17,19,21,24-54H2,1-5H3/b20-18-,23-22-. The van der Waals surface area contributed by atoms with E-state index in [-0.39, 0.29) is 32.2 Å². The van der Waals surface area contributed by atoms with Gasteiger partial charge in [0, 0.05) is 12.8 Å². The maximum Gasteiger partial charge on any atom is 0.306 e. The summed E-state index contributed by atoms with van der Waals surface area (Å²) in [5.74, 6) is -2.26. The minimum atomic E-state index is -1.62. The van der Waals surface area contributed by atoms with Gasteiger partial charge in [-0.1, -0.05) is 244 Å². The number of carboxylic acid groups (broad SMARTS) is 1. The molecule has 0 radical (unpaired) electrons. The minimum Gasteiger partial charge on any atom is -0.545 e. The summed E-state index contributed by atoms with van der Waals surface area (Å²) >= 11 is 0. The summed E-state index contributed by atoms with van der Waals surface area (Å²) in [4.78, 5) is 37.2. The molecule has 0 bridgehead atoms. The van der Waals surface area contributed by atoms with E-state index in [0.717, 1.165) is 44.9 Å². The SMILES string of the molecule is CCCCCCC/C=C\C/C=C\CCCCCCCCCCCCCCCCCCCCCC(=O)OC(COC(=O)CCCCCCCCCCCCCC)COC(OCC[N+](C)(C)C)C(=O)[O-]. The van der Waals surface area contributed by atoms with E-state index in [0.29, 0.717) is 17.4 Å². The highest BCUT2D eigenvalue weighted by Gasteiger charge is 2.22. The van der Waals surface area contributed by atoms with Gasteiger partial charge in [0.2, 0.25) is 0 Å². The van der Waals surface area contributed by atoms with Crippen LogP contribution < -0.4 is 5.11 Å². The molecule has 400 valence electrons. The van der Waals surface area contributed by atoms with E-state index in [1.54, 1.807) is 0 Å². The molecule has 2 unspecified atom stereocenters. The molecule has 0 N–H and O–H groups in total. The Morgan fingerprint density at radius 2 is 0.794 bits per heavy atom. The Morgan fingerprint density at radius 3 is 1.16 bits per heavy atom. The molecule has 9 heteroatoms. The van der Waals surface area contributed by atoms with Gasteiger partial charge in [0.15, 0.2) is 12.4 Å². The highest BCUT2D eigenvalue weighted by Crippen LogP contribution is 2.17. The van der Waals surface area contributed by atoms with E-state index in [2.05, 4.69) is 38.2 Å². The lowest BCUT2D eigenvalue weighted by atomic mass is 10.0. The normalized spacial score (nSPS) is 12.9. The predicted molar refractivity (Wildman–Crippen MR) is 283 cm³/mol. The molecule has 0 aliphatic heterocycles. The molecular formula is C59H111NO8. The quantitative estimate of drug-likeness (QED) is 0.0195. The molecule has 0 aliphatic carbocycles. The number of nitrogens with zero attached hydrogens (tertiary/aromatic N) is 1. The fourth-order valence-electron chi connectivity index (χ4n) is 8.45. The molecule has 0 saturated carbocycles. The van der Waals surface area contributed by atoms with Crippen molar-refractivity contribution in [2.24, 2.45) is 0 Å². The van der Waals surface area contributed by atoms with Crippen LogP contribution in [0.5, 0.6) is 0 Å². The van der Waals surface area contributed by atoms with Crippen LogP contribution in [0, 0.1) is 0 Å². The van der Waals surface area contributed by atoms with Gasteiger partial charge in [-0.3, -0.25) is 9.59 Å². The van der Waals surface area contributed by atoms with E-state index in [9.17, 15) is 19.5 Å². The Morgan fingerprint density at radius 1 is 0.441 bits per heavy atom. The topological polar surface area (TPSA) is 111 Å². The van der Waals surface area contributed by atoms with E-state index < -0.39 is 24.3 Å². The largest absolute Gasteiger partial charge is 0.545 e. The number of carbonyl (C=O) groups is 3. The van der Waals surface area contributed by atoms with Gasteiger partial charge in [0.25, 0.3) is 0 Å². The van der Waals surface area contributed by atoms with E-state index >= 15 is 0 Å². The average molecular weight is 963 g/mol. The van der Waals surface area contributed by atoms with Gasteiger partial charge in [-0.15, -0.1) is 0 Å². The second-order valence-electron chi connectivity index (χ2n) is 20.9. The van der Waals surface area contributed by atoms with E-state index in [4.69, 9.17) is 18.9 Å². The number of hydrogen-bond donors (Lipinski definition) is 0. The summed E-state index contributed by atoms with van der Waals surface area (Å²) in [7, 11) is 5.93. The molecule has 0 aliphatic rings. The Balaban J connectivity index is 4.06. The third kappa shape index (κ3) is 51.6. The number of carboxylic acids is 1. The molecule has 0 spiro atoms. The zero-order chi connectivity index (χ0) is 49.9. The number of allylic oxidation sites excluding steroid dienone is 4. The van der Waals surface area contributed by atoms with Crippen molar-refractivity contribution in [2.75, 3.05) is 47.5 Å². The first-order chi connectivity index (χ1) is 33.1. The smallest absolute Gasteiger partial charge is 0.306 e. The van der Waals surface area contributed by atoms with E-state index in [1.165, 1.54) is 205 Å². The van der Waals surface area contributed by atoms with Crippen LogP contribution in [-0.2, 0) is 33.3 Å². The number of carbonyl (C=O) groups excluding carboxylic acids is 3. The average Bonchev–Trinajstić information content (AvgIpc) is 3.30. The second kappa shape index (κ2) is 51.1. The molecule has 0 heterocycles. The number of hydrogen-bond acceptors (Lipinski definition) is 8. The summed E-state index contributed by atoms with van der Waals surface area (Å²) in [6.07, 6.45) is 56.7. The number of esters is 2. The molecule has 68 heavy (non-hydrogen) atoms. The molecule has 0 aromatic rings. The molecule has 9 nitrogen and oxygen atoms in total. The van der Waals surface area contributed by atoms with Crippen molar-refractivity contribution in [3.63, 3.8) is 0 Å². The van der Waals surface area contributed by atoms with Gasteiger partial charge in [0.05, 0.1) is 40.3 Å². The van der Waals surface area contributed by atoms with Crippen molar-refractivity contribution >= 4 is 17.9 Å². The first-order valence-corrected chi connectivity index (χ1v) is 29.0. The predicted octanol–water partition coefficient (Wildman–Crippen LogP) is 15.4. The van der Waals surface area contributed by atoms with Gasteiger partial charge >= 0.3 is 11.9 Å². The molecule has 0 rings (SSSR count). The molecule has 0 amide bonds. The summed E-state index contributed by atoms with van der Waals surface area (Å²) in [6, 6.07) is 0. The molecule has 2 atom stereocenters. The maximum atomic E-state index is 12.8. The van der Waals surface area contributed by atoms with Crippen LogP contribution in [0.2, 0.25) is 0 Å². The van der Waals surface area contributed by atoms with Gasteiger partial charge in [-0.05, 0) is 44.9 Å². The zero-order valence-electron chi connectivity index (χ0n) is 45.5. The lowest BCUT2D eigenvalue weighted by Crippen LogP contribution is -2.44. The van der Waals surface area contributed by atoms with E-state index in [1.807, 2.05) is 21.1 Å². The lowest BCUT2D eigenvalue weighted by Gasteiger charge is -2.26. The third-order valence-electron chi connectivity index (χ3n) is 13.0.